The molecule has 22 heavy (non-hydrogen) atoms. The van der Waals surface area contributed by atoms with Gasteiger partial charge in [-0.25, -0.2) is 17.8 Å². The molecule has 0 unspecified atom stereocenters. The first-order valence-corrected chi connectivity index (χ1v) is 8.89. The predicted octanol–water partition coefficient (Wildman–Crippen LogP) is 0.304. The maximum atomic E-state index is 12.2. The van der Waals surface area contributed by atoms with Gasteiger partial charge in [-0.2, -0.15) is 0 Å². The molecule has 1 amide bonds. The third-order valence-electron chi connectivity index (χ3n) is 3.68. The third kappa shape index (κ3) is 5.93. The third-order valence-corrected chi connectivity index (χ3v) is 5.74. The van der Waals surface area contributed by atoms with Gasteiger partial charge < -0.3 is 4.74 Å². The Morgan fingerprint density at radius 1 is 1.45 bits per heavy atom. The van der Waals surface area contributed by atoms with Crippen molar-refractivity contribution in [2.45, 2.75) is 32.7 Å². The highest BCUT2D eigenvalue weighted by Crippen LogP contribution is 2.20. The van der Waals surface area contributed by atoms with E-state index in [2.05, 4.69) is 11.8 Å². The van der Waals surface area contributed by atoms with Crippen LogP contribution < -0.4 is 0 Å². The number of hydrogen-bond acceptors (Lipinski definition) is 5. The smallest absolute Gasteiger partial charge is 0.233 e. The second kappa shape index (κ2) is 9.10. The fraction of sp³-hybridized carbons (Fsp3) is 0.786. The Morgan fingerprint density at radius 2 is 2.09 bits per heavy atom. The van der Waals surface area contributed by atoms with Crippen LogP contribution in [0.5, 0.6) is 0 Å². The lowest BCUT2D eigenvalue weighted by molar-refractivity contribution is -0.156. The van der Waals surface area contributed by atoms with E-state index in [1.54, 1.807) is 6.92 Å². The molecule has 1 rings (SSSR count). The van der Waals surface area contributed by atoms with Gasteiger partial charge in [0.1, 0.15) is 6.61 Å². The Hall–Kier alpha value is -1.14. The van der Waals surface area contributed by atoms with Crippen molar-refractivity contribution in [3.8, 4) is 11.8 Å². The van der Waals surface area contributed by atoms with E-state index in [4.69, 9.17) is 4.74 Å². The first-order chi connectivity index (χ1) is 10.4. The number of rotatable bonds is 8. The van der Waals surface area contributed by atoms with Crippen LogP contribution in [-0.2, 0) is 19.6 Å². The summed E-state index contributed by atoms with van der Waals surface area (Å²) in [5.41, 5.74) is 0. The second-order valence-corrected chi connectivity index (χ2v) is 7.41. The number of nitrogens with zero attached hydrogens (tertiary/aromatic N) is 2. The van der Waals surface area contributed by atoms with Crippen LogP contribution in [0.3, 0.4) is 0 Å². The number of ether oxygens (including phenoxy) is 1. The van der Waals surface area contributed by atoms with Crippen molar-refractivity contribution in [2.75, 3.05) is 32.1 Å². The van der Waals surface area contributed by atoms with Crippen LogP contribution in [0.25, 0.3) is 0 Å². The number of carbonyl (C=O) groups excluding carboxylic acids is 1. The molecule has 0 aromatic heterocycles. The van der Waals surface area contributed by atoms with Crippen LogP contribution in [0.2, 0.25) is 0 Å². The lowest BCUT2D eigenvalue weighted by atomic mass is 9.99. The summed E-state index contributed by atoms with van der Waals surface area (Å²) in [6.45, 7) is 5.12. The molecule has 0 saturated carbocycles. The van der Waals surface area contributed by atoms with E-state index in [9.17, 15) is 18.4 Å². The monoisotopic (exact) mass is 332 g/mol. The van der Waals surface area contributed by atoms with Crippen molar-refractivity contribution in [1.29, 1.82) is 0 Å². The van der Waals surface area contributed by atoms with Gasteiger partial charge in [-0.05, 0) is 32.6 Å². The molecule has 1 fully saturated rings. The Kier molecular flexibility index (Phi) is 7.82. The number of carbonyl (C=O) groups is 1. The van der Waals surface area contributed by atoms with E-state index in [0.29, 0.717) is 37.3 Å². The van der Waals surface area contributed by atoms with Gasteiger partial charge in [0.15, 0.2) is 0 Å². The van der Waals surface area contributed by atoms with Gasteiger partial charge in [-0.15, -0.1) is 5.92 Å². The Labute approximate surface area is 132 Å². The molecule has 8 heteroatoms. The molecular weight excluding hydrogens is 308 g/mol. The summed E-state index contributed by atoms with van der Waals surface area (Å²) in [6.07, 6.45) is 1.69. The molecule has 1 aliphatic rings. The van der Waals surface area contributed by atoms with Gasteiger partial charge in [0, 0.05) is 13.1 Å². The molecule has 0 bridgehead atoms. The van der Waals surface area contributed by atoms with Gasteiger partial charge in [0.05, 0.1) is 18.4 Å². The fourth-order valence-electron chi connectivity index (χ4n) is 2.29. The van der Waals surface area contributed by atoms with Crippen LogP contribution in [-0.4, -0.2) is 67.5 Å². The summed E-state index contributed by atoms with van der Waals surface area (Å²) in [5.74, 6) is 5.63. The van der Waals surface area contributed by atoms with Crippen molar-refractivity contribution in [2.24, 2.45) is 5.92 Å². The molecule has 1 saturated heterocycles. The second-order valence-electron chi connectivity index (χ2n) is 5.40. The topological polar surface area (TPSA) is 87.2 Å². The van der Waals surface area contributed by atoms with E-state index in [1.165, 1.54) is 11.2 Å². The average Bonchev–Trinajstić information content (AvgIpc) is 2.50. The lowest BCUT2D eigenvalue weighted by Crippen LogP contribution is -2.45. The Balaban J connectivity index is 2.42. The van der Waals surface area contributed by atoms with E-state index in [0.717, 1.165) is 12.8 Å². The summed E-state index contributed by atoms with van der Waals surface area (Å²) >= 11 is 0. The first-order valence-electron chi connectivity index (χ1n) is 7.28. The molecule has 7 nitrogen and oxygen atoms in total. The van der Waals surface area contributed by atoms with Crippen molar-refractivity contribution in [3.63, 3.8) is 0 Å². The Morgan fingerprint density at radius 3 is 2.64 bits per heavy atom. The number of sulfonamides is 1. The maximum absolute atomic E-state index is 12.2. The fourth-order valence-corrected chi connectivity index (χ4v) is 4.03. The average molecular weight is 332 g/mol. The molecule has 1 heterocycles. The molecule has 1 N–H and O–H groups in total. The van der Waals surface area contributed by atoms with Crippen LogP contribution >= 0.6 is 0 Å². The summed E-state index contributed by atoms with van der Waals surface area (Å²) in [7, 11) is -3.48. The minimum Gasteiger partial charge on any atom is -0.368 e. The van der Waals surface area contributed by atoms with Gasteiger partial charge >= 0.3 is 0 Å². The largest absolute Gasteiger partial charge is 0.368 e. The Bertz CT molecular complexity index is 503. The molecule has 0 aromatic carbocycles. The molecule has 0 radical (unpaired) electrons. The number of amides is 1. The van der Waals surface area contributed by atoms with E-state index in [1.807, 2.05) is 0 Å². The molecular formula is C14H24N2O5S. The highest BCUT2D eigenvalue weighted by atomic mass is 32.2. The SMILES string of the molecule is CC#CCOCC1CCN(S(=O)(=O)C[C@@H](C)N(O)C=O)CC1. The van der Waals surface area contributed by atoms with Gasteiger partial charge in [-0.3, -0.25) is 10.0 Å². The van der Waals surface area contributed by atoms with Crippen molar-refractivity contribution in [3.05, 3.63) is 0 Å². The van der Waals surface area contributed by atoms with Crippen LogP contribution in [0, 0.1) is 17.8 Å². The molecule has 126 valence electrons. The zero-order valence-corrected chi connectivity index (χ0v) is 13.9. The van der Waals surface area contributed by atoms with Gasteiger partial charge in [0.2, 0.25) is 16.4 Å². The minimum absolute atomic E-state index is 0.211. The van der Waals surface area contributed by atoms with Crippen molar-refractivity contribution in [1.82, 2.24) is 9.37 Å². The lowest BCUT2D eigenvalue weighted by Gasteiger charge is -2.32. The van der Waals surface area contributed by atoms with Crippen molar-refractivity contribution < 1.29 is 23.2 Å². The van der Waals surface area contributed by atoms with E-state index >= 15 is 0 Å². The zero-order chi connectivity index (χ0) is 16.6. The normalized spacial score (nSPS) is 18.3. The van der Waals surface area contributed by atoms with E-state index in [-0.39, 0.29) is 12.2 Å². The first kappa shape index (κ1) is 18.9. The zero-order valence-electron chi connectivity index (χ0n) is 13.1. The van der Waals surface area contributed by atoms with Gasteiger partial charge in [0.25, 0.3) is 0 Å². The summed E-state index contributed by atoms with van der Waals surface area (Å²) < 4.78 is 31.3. The van der Waals surface area contributed by atoms with E-state index < -0.39 is 16.1 Å². The molecule has 0 aliphatic carbocycles. The highest BCUT2D eigenvalue weighted by molar-refractivity contribution is 7.89. The summed E-state index contributed by atoms with van der Waals surface area (Å²) in [4.78, 5) is 10.4. The molecule has 1 aliphatic heterocycles. The van der Waals surface area contributed by atoms with Gasteiger partial charge in [-0.1, -0.05) is 5.92 Å². The number of hydrogen-bond donors (Lipinski definition) is 1. The minimum atomic E-state index is -3.48. The maximum Gasteiger partial charge on any atom is 0.233 e. The molecule has 0 spiro atoms. The number of piperidine rings is 1. The summed E-state index contributed by atoms with van der Waals surface area (Å²) in [6, 6.07) is -0.767. The summed E-state index contributed by atoms with van der Waals surface area (Å²) in [5, 5.41) is 9.61. The highest BCUT2D eigenvalue weighted by Gasteiger charge is 2.30. The predicted molar refractivity (Wildman–Crippen MR) is 81.5 cm³/mol. The molecule has 0 aromatic rings. The molecule has 1 atom stereocenters. The van der Waals surface area contributed by atoms with Crippen LogP contribution in [0.4, 0.5) is 0 Å². The quantitative estimate of drug-likeness (QED) is 0.227. The van der Waals surface area contributed by atoms with Crippen LogP contribution in [0.1, 0.15) is 26.7 Å². The number of hydroxylamine groups is 2. The van der Waals surface area contributed by atoms with Crippen LogP contribution in [0.15, 0.2) is 0 Å². The standard InChI is InChI=1S/C14H24N2O5S/c1-3-4-9-21-10-14-5-7-15(8-6-14)22(19,20)11-13(2)16(18)12-17/h12-14,18H,5-11H2,1-2H3/t13-/m1/s1. The van der Waals surface area contributed by atoms with Crippen molar-refractivity contribution >= 4 is 16.4 Å².